The lowest BCUT2D eigenvalue weighted by Gasteiger charge is -2.63. The van der Waals surface area contributed by atoms with Crippen LogP contribution in [0.25, 0.3) is 0 Å². The predicted octanol–water partition coefficient (Wildman–Crippen LogP) is 1.09. The summed E-state index contributed by atoms with van der Waals surface area (Å²) in [5.74, 6) is -4.70. The number of primary amides is 1. The van der Waals surface area contributed by atoms with Gasteiger partial charge in [0.25, 0.3) is 5.91 Å². The minimum absolute atomic E-state index is 0.00506. The van der Waals surface area contributed by atoms with Crippen molar-refractivity contribution in [3.05, 3.63) is 29.8 Å². The topological polar surface area (TPSA) is 405 Å². The summed E-state index contributed by atoms with van der Waals surface area (Å²) in [6.07, 6.45) is 5.34. The highest BCUT2D eigenvalue weighted by Gasteiger charge is 2.66. The number of fused-ring (bicyclic) bond motifs is 5. The summed E-state index contributed by atoms with van der Waals surface area (Å²) in [6.45, 7) is 7.21. The lowest BCUT2D eigenvalue weighted by atomic mass is 9.43. The van der Waals surface area contributed by atoms with E-state index in [0.29, 0.717) is 56.2 Å². The van der Waals surface area contributed by atoms with Gasteiger partial charge in [0, 0.05) is 56.6 Å². The van der Waals surface area contributed by atoms with Gasteiger partial charge in [-0.05, 0) is 148 Å². The molecule has 14 N–H and O–H groups in total. The van der Waals surface area contributed by atoms with Gasteiger partial charge < -0.3 is 77.4 Å². The zero-order valence-electron chi connectivity index (χ0n) is 48.9. The van der Waals surface area contributed by atoms with E-state index in [2.05, 4.69) is 52.8 Å². The van der Waals surface area contributed by atoms with E-state index in [1.807, 2.05) is 0 Å². The molecule has 4 saturated carbocycles. The van der Waals surface area contributed by atoms with E-state index in [4.69, 9.17) is 35.3 Å². The minimum atomic E-state index is -1.34. The van der Waals surface area contributed by atoms with Crippen molar-refractivity contribution in [2.24, 2.45) is 52.1 Å². The molecule has 7 amide bonds. The van der Waals surface area contributed by atoms with Crippen LogP contribution in [0.3, 0.4) is 0 Å². The van der Waals surface area contributed by atoms with Gasteiger partial charge in [-0.25, -0.2) is 10.3 Å². The summed E-state index contributed by atoms with van der Waals surface area (Å²) in [5, 5.41) is 55.3. The van der Waals surface area contributed by atoms with Gasteiger partial charge in [0.05, 0.1) is 58.0 Å². The van der Waals surface area contributed by atoms with Gasteiger partial charge in [-0.2, -0.15) is 0 Å². The number of aliphatic hydroxyl groups excluding tert-OH is 2. The molecule has 0 aliphatic heterocycles. The van der Waals surface area contributed by atoms with Crippen molar-refractivity contribution in [1.29, 1.82) is 0 Å². The molecule has 0 radical (unpaired) electrons. The van der Waals surface area contributed by atoms with Gasteiger partial charge in [0.2, 0.25) is 35.4 Å². The third kappa shape index (κ3) is 20.9. The second-order valence-electron chi connectivity index (χ2n) is 23.5. The number of carbonyl (C=O) groups is 9. The van der Waals surface area contributed by atoms with E-state index in [1.54, 1.807) is 12.1 Å². The van der Waals surface area contributed by atoms with Crippen LogP contribution in [-0.4, -0.2) is 177 Å². The van der Waals surface area contributed by atoms with Crippen LogP contribution in [0.15, 0.2) is 24.3 Å². The van der Waals surface area contributed by atoms with E-state index in [0.717, 1.165) is 19.3 Å². The van der Waals surface area contributed by atoms with E-state index in [1.165, 1.54) is 12.1 Å². The Balaban J connectivity index is 0.803. The Morgan fingerprint density at radius 1 is 0.643 bits per heavy atom. The molecule has 1 aromatic carbocycles. The maximum Gasteiger partial charge on any atom is 0.326 e. The number of nitrogens with one attached hydrogen (secondary N) is 6. The molecular formula is C58H92N8O18. The van der Waals surface area contributed by atoms with Crippen molar-refractivity contribution in [2.45, 2.75) is 154 Å². The fraction of sp³-hybridized carbons (Fsp3) is 0.741. The van der Waals surface area contributed by atoms with Gasteiger partial charge in [-0.15, -0.1) is 0 Å². The number of aliphatic carboxylic acids is 2. The van der Waals surface area contributed by atoms with Crippen LogP contribution in [0.4, 0.5) is 5.69 Å². The van der Waals surface area contributed by atoms with Crippen LogP contribution in [0.2, 0.25) is 0 Å². The molecule has 13 unspecified atom stereocenters. The summed E-state index contributed by atoms with van der Waals surface area (Å²) in [7, 11) is 0. The zero-order valence-corrected chi connectivity index (χ0v) is 48.9. The molecule has 0 spiro atoms. The number of nitrogens with two attached hydrogens (primary N) is 2. The van der Waals surface area contributed by atoms with Crippen LogP contribution < -0.4 is 43.5 Å². The van der Waals surface area contributed by atoms with Crippen molar-refractivity contribution >= 4 is 59.0 Å². The summed E-state index contributed by atoms with van der Waals surface area (Å²) in [4.78, 5) is 115. The molecule has 26 heteroatoms. The lowest BCUT2D eigenvalue weighted by Crippen LogP contribution is -2.62. The third-order valence-corrected chi connectivity index (χ3v) is 17.9. The highest BCUT2D eigenvalue weighted by molar-refractivity contribution is 5.97. The van der Waals surface area contributed by atoms with Crippen LogP contribution in [-0.2, 0) is 62.1 Å². The molecule has 4 aliphatic rings. The van der Waals surface area contributed by atoms with Crippen LogP contribution in [0, 0.1) is 46.3 Å². The normalized spacial score (nSPS) is 26.2. The molecular weight excluding hydrogens is 1100 g/mol. The smallest absolute Gasteiger partial charge is 0.326 e. The fourth-order valence-corrected chi connectivity index (χ4v) is 13.4. The highest BCUT2D eigenvalue weighted by atomic mass is 16.7. The van der Waals surface area contributed by atoms with Crippen molar-refractivity contribution in [3.63, 3.8) is 0 Å². The van der Waals surface area contributed by atoms with Crippen LogP contribution in [0.5, 0.6) is 0 Å². The fourth-order valence-electron chi connectivity index (χ4n) is 13.4. The molecule has 13 atom stereocenters. The molecule has 0 saturated heterocycles. The Hall–Kier alpha value is -6.03. The monoisotopic (exact) mass is 1190 g/mol. The molecule has 0 heterocycles. The number of carboxylic acids is 2. The Kier molecular flexibility index (Phi) is 28.0. The summed E-state index contributed by atoms with van der Waals surface area (Å²) in [5.41, 5.74) is 13.9. The highest BCUT2D eigenvalue weighted by Crippen LogP contribution is 2.68. The van der Waals surface area contributed by atoms with Gasteiger partial charge in [0.15, 0.2) is 0 Å². The minimum Gasteiger partial charge on any atom is -0.481 e. The van der Waals surface area contributed by atoms with Crippen molar-refractivity contribution in [1.82, 2.24) is 32.1 Å². The van der Waals surface area contributed by atoms with Crippen LogP contribution >= 0.6 is 0 Å². The Bertz CT molecular complexity index is 2350. The second-order valence-corrected chi connectivity index (χ2v) is 23.5. The molecule has 0 bridgehead atoms. The number of benzene rings is 1. The number of unbranched alkanes of at least 4 members (excludes halogenated alkanes) is 1. The maximum absolute atomic E-state index is 12.7. The average Bonchev–Trinajstić information content (AvgIpc) is 1.47. The largest absolute Gasteiger partial charge is 0.481 e. The van der Waals surface area contributed by atoms with Crippen molar-refractivity contribution in [2.75, 3.05) is 78.2 Å². The Morgan fingerprint density at radius 3 is 1.92 bits per heavy atom. The molecule has 4 fully saturated rings. The molecule has 5 rings (SSSR count). The summed E-state index contributed by atoms with van der Waals surface area (Å²) < 4.78 is 21.4. The van der Waals surface area contributed by atoms with Crippen molar-refractivity contribution < 1.29 is 87.4 Å². The molecule has 84 heavy (non-hydrogen) atoms. The van der Waals surface area contributed by atoms with E-state index >= 15 is 0 Å². The zero-order chi connectivity index (χ0) is 61.4. The number of carbonyl (C=O) groups excluding carboxylic acids is 7. The average molecular weight is 1190 g/mol. The van der Waals surface area contributed by atoms with Gasteiger partial charge in [-0.3, -0.25) is 43.2 Å². The standard InChI is InChI=1S/C58H92N8O18/c1-35(7-18-52(74)75)40-12-13-41-53-42(32-46(68)58(40,41)3)57(2)20-19-39(30-37(57)31-45(53)67)84-66-49(71)17-16-48(70)62-22-24-80-26-28-82-33-50(72)63-23-25-81-27-29-83-34-51(73)64-44(56(78)79)14-15-47(69)61-21-5-4-6-43(54(60)76)65-55(77)36-8-10-38(59)11-9-36/h8-11,35,37,39-46,53,67-68H,4-7,12-34,59H2,1-3H3,(H2,60,76)(H,61,69)(H,62,70)(H,63,72)(H,64,73)(H,65,77)(H,66,71)(H,74,75)(H,78,79). The number of hydrogen-bond donors (Lipinski definition) is 12. The Labute approximate surface area is 491 Å². The molecule has 0 aromatic heterocycles. The van der Waals surface area contributed by atoms with E-state index in [9.17, 15) is 63.6 Å². The lowest BCUT2D eigenvalue weighted by molar-refractivity contribution is -0.212. The van der Waals surface area contributed by atoms with Gasteiger partial charge in [0.1, 0.15) is 25.3 Å². The number of aliphatic hydroxyl groups is 2. The van der Waals surface area contributed by atoms with Crippen molar-refractivity contribution in [3.8, 4) is 0 Å². The quantitative estimate of drug-likeness (QED) is 0.0250. The number of hydroxylamine groups is 1. The number of carboxylic acid groups (broad SMARTS) is 2. The first kappa shape index (κ1) is 68.7. The molecule has 4 aliphatic carbocycles. The second kappa shape index (κ2) is 34.2. The summed E-state index contributed by atoms with van der Waals surface area (Å²) >= 11 is 0. The number of amides is 7. The number of rotatable bonds is 38. The Morgan fingerprint density at radius 2 is 1.26 bits per heavy atom. The molecule has 472 valence electrons. The SMILES string of the molecule is CC(CCC(=O)O)C1CCC2C3C(O)CC4CC(ONC(=O)CCC(=O)NCCOCCOCC(=O)NCCOCCOCC(=O)NC(CCC(=O)NCCCCC(NC(=O)c5ccc(N)cc5)C(N)=O)C(=O)O)CCC4(C)C3CC(O)C12C. The first-order valence-electron chi connectivity index (χ1n) is 29.6. The van der Waals surface area contributed by atoms with Gasteiger partial charge >= 0.3 is 11.9 Å². The number of anilines is 1. The molecule has 1 aromatic rings. The van der Waals surface area contributed by atoms with E-state index < -0.39 is 72.4 Å². The first-order valence-corrected chi connectivity index (χ1v) is 29.6. The first-order chi connectivity index (χ1) is 40.0. The maximum atomic E-state index is 12.7. The number of hydrogen-bond acceptors (Lipinski definition) is 17. The van der Waals surface area contributed by atoms with Crippen LogP contribution in [0.1, 0.15) is 134 Å². The predicted molar refractivity (Wildman–Crippen MR) is 303 cm³/mol. The molecule has 26 nitrogen and oxygen atoms in total. The summed E-state index contributed by atoms with van der Waals surface area (Å²) in [6, 6.07) is 3.90. The number of nitrogen functional groups attached to an aromatic ring is 1. The van der Waals surface area contributed by atoms with E-state index in [-0.39, 0.29) is 169 Å². The number of ether oxygens (including phenoxy) is 4. The third-order valence-electron chi connectivity index (χ3n) is 17.9. The van der Waals surface area contributed by atoms with Gasteiger partial charge in [-0.1, -0.05) is 20.8 Å².